The van der Waals surface area contributed by atoms with E-state index >= 15 is 0 Å². The van der Waals surface area contributed by atoms with E-state index in [0.717, 1.165) is 0 Å². The standard InChI is InChI=1S/C11H14O4/c1-7(12)3-2-4-8-5-6-9(13)11(15)10(8)14/h5-6,13-15H,2-4H2,1H3. The summed E-state index contributed by atoms with van der Waals surface area (Å²) in [6.07, 6.45) is 1.56. The maximum atomic E-state index is 10.7. The van der Waals surface area contributed by atoms with Gasteiger partial charge in [0.25, 0.3) is 0 Å². The topological polar surface area (TPSA) is 77.8 Å². The van der Waals surface area contributed by atoms with E-state index in [-0.39, 0.29) is 17.3 Å². The highest BCUT2D eigenvalue weighted by Gasteiger charge is 2.10. The number of phenols is 3. The summed E-state index contributed by atoms with van der Waals surface area (Å²) in [6, 6.07) is 2.85. The van der Waals surface area contributed by atoms with Gasteiger partial charge in [-0.1, -0.05) is 6.07 Å². The van der Waals surface area contributed by atoms with Gasteiger partial charge in [-0.2, -0.15) is 0 Å². The van der Waals surface area contributed by atoms with Crippen molar-refractivity contribution in [1.82, 2.24) is 0 Å². The van der Waals surface area contributed by atoms with Crippen LogP contribution >= 0.6 is 0 Å². The molecule has 0 fully saturated rings. The van der Waals surface area contributed by atoms with Crippen molar-refractivity contribution >= 4 is 5.78 Å². The van der Waals surface area contributed by atoms with Crippen molar-refractivity contribution in [1.29, 1.82) is 0 Å². The molecular formula is C11H14O4. The third-order valence-corrected chi connectivity index (χ3v) is 2.19. The van der Waals surface area contributed by atoms with Gasteiger partial charge in [-0.05, 0) is 31.4 Å². The normalized spacial score (nSPS) is 10.2. The van der Waals surface area contributed by atoms with Gasteiger partial charge in [0.2, 0.25) is 5.75 Å². The minimum atomic E-state index is -0.504. The first-order valence-electron chi connectivity index (χ1n) is 4.74. The van der Waals surface area contributed by atoms with Crippen LogP contribution in [0.1, 0.15) is 25.3 Å². The van der Waals surface area contributed by atoms with Crippen LogP contribution < -0.4 is 0 Å². The van der Waals surface area contributed by atoms with Gasteiger partial charge >= 0.3 is 0 Å². The van der Waals surface area contributed by atoms with E-state index < -0.39 is 5.75 Å². The number of rotatable bonds is 4. The Kier molecular flexibility index (Phi) is 3.55. The van der Waals surface area contributed by atoms with Crippen LogP contribution in [-0.4, -0.2) is 21.1 Å². The molecule has 0 aliphatic heterocycles. The maximum absolute atomic E-state index is 10.7. The predicted molar refractivity (Wildman–Crippen MR) is 55.1 cm³/mol. The monoisotopic (exact) mass is 210 g/mol. The van der Waals surface area contributed by atoms with E-state index in [1.165, 1.54) is 19.1 Å². The maximum Gasteiger partial charge on any atom is 0.200 e. The quantitative estimate of drug-likeness (QED) is 0.661. The summed E-state index contributed by atoms with van der Waals surface area (Å²) in [5.74, 6) is -1.06. The van der Waals surface area contributed by atoms with Crippen LogP contribution in [0, 0.1) is 0 Å². The van der Waals surface area contributed by atoms with E-state index in [0.29, 0.717) is 24.8 Å². The van der Waals surface area contributed by atoms with Crippen LogP contribution in [0.2, 0.25) is 0 Å². The van der Waals surface area contributed by atoms with E-state index in [9.17, 15) is 15.0 Å². The second-order valence-corrected chi connectivity index (χ2v) is 3.50. The summed E-state index contributed by atoms with van der Waals surface area (Å²) >= 11 is 0. The van der Waals surface area contributed by atoms with Crippen molar-refractivity contribution in [3.63, 3.8) is 0 Å². The third-order valence-electron chi connectivity index (χ3n) is 2.19. The Labute approximate surface area is 87.8 Å². The fourth-order valence-electron chi connectivity index (χ4n) is 1.34. The molecule has 0 bridgehead atoms. The number of ketones is 1. The van der Waals surface area contributed by atoms with Gasteiger partial charge in [0.15, 0.2) is 11.5 Å². The first kappa shape index (κ1) is 11.4. The summed E-state index contributed by atoms with van der Waals surface area (Å²) in [7, 11) is 0. The number of carbonyl (C=O) groups is 1. The highest BCUT2D eigenvalue weighted by atomic mass is 16.3. The minimum absolute atomic E-state index is 0.0949. The molecule has 0 atom stereocenters. The summed E-state index contributed by atoms with van der Waals surface area (Å²) < 4.78 is 0. The van der Waals surface area contributed by atoms with Crippen LogP contribution in [0.5, 0.6) is 17.2 Å². The molecule has 0 amide bonds. The largest absolute Gasteiger partial charge is 0.504 e. The molecule has 1 aromatic rings. The van der Waals surface area contributed by atoms with Crippen molar-refractivity contribution in [3.8, 4) is 17.2 Å². The Morgan fingerprint density at radius 3 is 2.47 bits per heavy atom. The van der Waals surface area contributed by atoms with Gasteiger partial charge < -0.3 is 20.1 Å². The number of hydrogen-bond acceptors (Lipinski definition) is 4. The number of carbonyl (C=O) groups excluding carboxylic acids is 1. The van der Waals surface area contributed by atoms with Gasteiger partial charge in [0, 0.05) is 6.42 Å². The molecule has 0 heterocycles. The first-order chi connectivity index (χ1) is 7.02. The van der Waals surface area contributed by atoms with Crippen LogP contribution in [0.25, 0.3) is 0 Å². The van der Waals surface area contributed by atoms with Gasteiger partial charge in [0.05, 0.1) is 0 Å². The van der Waals surface area contributed by atoms with Crippen molar-refractivity contribution in [3.05, 3.63) is 17.7 Å². The molecular weight excluding hydrogens is 196 g/mol. The van der Waals surface area contributed by atoms with E-state index in [1.807, 2.05) is 0 Å². The molecule has 82 valence electrons. The van der Waals surface area contributed by atoms with Crippen LogP contribution in [-0.2, 0) is 11.2 Å². The Morgan fingerprint density at radius 2 is 1.87 bits per heavy atom. The summed E-state index contributed by atoms with van der Waals surface area (Å²) in [4.78, 5) is 10.7. The molecule has 0 spiro atoms. The van der Waals surface area contributed by atoms with Gasteiger partial charge in [0.1, 0.15) is 5.78 Å². The van der Waals surface area contributed by atoms with Crippen LogP contribution in [0.3, 0.4) is 0 Å². The second-order valence-electron chi connectivity index (χ2n) is 3.50. The molecule has 0 aliphatic carbocycles. The van der Waals surface area contributed by atoms with Gasteiger partial charge in [-0.25, -0.2) is 0 Å². The average molecular weight is 210 g/mol. The van der Waals surface area contributed by atoms with Crippen molar-refractivity contribution < 1.29 is 20.1 Å². The smallest absolute Gasteiger partial charge is 0.200 e. The van der Waals surface area contributed by atoms with Crippen LogP contribution in [0.15, 0.2) is 12.1 Å². The molecule has 4 nitrogen and oxygen atoms in total. The molecule has 0 saturated heterocycles. The predicted octanol–water partition coefficient (Wildman–Crippen LogP) is 1.72. The minimum Gasteiger partial charge on any atom is -0.504 e. The fourth-order valence-corrected chi connectivity index (χ4v) is 1.34. The molecule has 0 saturated carbocycles. The molecule has 0 aliphatic rings. The number of aryl methyl sites for hydroxylation is 1. The van der Waals surface area contributed by atoms with Crippen molar-refractivity contribution in [2.75, 3.05) is 0 Å². The molecule has 0 radical (unpaired) electrons. The van der Waals surface area contributed by atoms with Gasteiger partial charge in [-0.15, -0.1) is 0 Å². The van der Waals surface area contributed by atoms with Crippen molar-refractivity contribution in [2.45, 2.75) is 26.2 Å². The molecule has 0 unspecified atom stereocenters. The van der Waals surface area contributed by atoms with Gasteiger partial charge in [-0.3, -0.25) is 0 Å². The Balaban J connectivity index is 2.70. The number of benzene rings is 1. The number of phenolic OH excluding ortho intramolecular Hbond substituents is 3. The zero-order valence-corrected chi connectivity index (χ0v) is 8.53. The lowest BCUT2D eigenvalue weighted by Crippen LogP contribution is -1.93. The summed E-state index contributed by atoms with van der Waals surface area (Å²) in [5, 5.41) is 27.8. The fraction of sp³-hybridized carbons (Fsp3) is 0.364. The van der Waals surface area contributed by atoms with Crippen LogP contribution in [0.4, 0.5) is 0 Å². The summed E-state index contributed by atoms with van der Waals surface area (Å²) in [5.41, 5.74) is 0.534. The molecule has 1 rings (SSSR count). The van der Waals surface area contributed by atoms with Crippen molar-refractivity contribution in [2.24, 2.45) is 0 Å². The molecule has 3 N–H and O–H groups in total. The van der Waals surface area contributed by atoms with E-state index in [1.54, 1.807) is 0 Å². The second kappa shape index (κ2) is 4.68. The van der Waals surface area contributed by atoms with E-state index in [2.05, 4.69) is 0 Å². The molecule has 0 aromatic heterocycles. The number of Topliss-reactive ketones (excluding diaryl/α,β-unsaturated/α-hetero) is 1. The molecule has 15 heavy (non-hydrogen) atoms. The van der Waals surface area contributed by atoms with E-state index in [4.69, 9.17) is 5.11 Å². The zero-order chi connectivity index (χ0) is 11.4. The molecule has 1 aromatic carbocycles. The first-order valence-corrected chi connectivity index (χ1v) is 4.74. The average Bonchev–Trinajstić information content (AvgIpc) is 2.18. The lowest BCUT2D eigenvalue weighted by atomic mass is 10.1. The highest BCUT2D eigenvalue weighted by Crippen LogP contribution is 2.37. The highest BCUT2D eigenvalue weighted by molar-refractivity contribution is 5.75. The SMILES string of the molecule is CC(=O)CCCc1ccc(O)c(O)c1O. The third kappa shape index (κ3) is 2.87. The zero-order valence-electron chi connectivity index (χ0n) is 8.53. The molecule has 4 heteroatoms. The Morgan fingerprint density at radius 1 is 1.20 bits per heavy atom. The number of hydrogen-bond donors (Lipinski definition) is 3. The lowest BCUT2D eigenvalue weighted by molar-refractivity contribution is -0.117. The number of aromatic hydroxyl groups is 3. The Bertz CT molecular complexity index is 371. The summed E-state index contributed by atoms with van der Waals surface area (Å²) in [6.45, 7) is 1.51. The lowest BCUT2D eigenvalue weighted by Gasteiger charge is -2.06. The Hall–Kier alpha value is -1.71.